The highest BCUT2D eigenvalue weighted by Gasteiger charge is 2.63. The fraction of sp³-hybridized carbons (Fsp3) is 0.316. The first-order chi connectivity index (χ1) is 10.8. The van der Waals surface area contributed by atoms with Crippen molar-refractivity contribution in [2.75, 3.05) is 6.61 Å². The van der Waals surface area contributed by atoms with E-state index < -0.39 is 5.60 Å². The van der Waals surface area contributed by atoms with Crippen LogP contribution in [-0.4, -0.2) is 23.0 Å². The molecular weight excluding hydrogens is 274 g/mol. The van der Waals surface area contributed by atoms with Gasteiger partial charge < -0.3 is 9.64 Å². The van der Waals surface area contributed by atoms with E-state index in [9.17, 15) is 4.79 Å². The van der Waals surface area contributed by atoms with Crippen LogP contribution in [0.3, 0.4) is 0 Å². The Hall–Kier alpha value is -2.13. The van der Waals surface area contributed by atoms with Gasteiger partial charge in [-0.15, -0.1) is 0 Å². The molecule has 2 aromatic carbocycles. The van der Waals surface area contributed by atoms with Gasteiger partial charge in [-0.3, -0.25) is 4.79 Å². The number of rotatable bonds is 3. The molecule has 0 aliphatic carbocycles. The van der Waals surface area contributed by atoms with Gasteiger partial charge in [-0.05, 0) is 24.0 Å². The minimum Gasteiger partial charge on any atom is -0.363 e. The fourth-order valence-corrected chi connectivity index (χ4v) is 3.74. The third-order valence-electron chi connectivity index (χ3n) is 4.74. The van der Waals surface area contributed by atoms with Crippen LogP contribution in [0.15, 0.2) is 60.7 Å². The van der Waals surface area contributed by atoms with Crippen molar-refractivity contribution >= 4 is 5.91 Å². The monoisotopic (exact) mass is 293 g/mol. The predicted molar refractivity (Wildman–Crippen MR) is 84.1 cm³/mol. The van der Waals surface area contributed by atoms with Crippen molar-refractivity contribution in [3.05, 3.63) is 71.8 Å². The van der Waals surface area contributed by atoms with Gasteiger partial charge in [0.25, 0.3) is 5.91 Å². The van der Waals surface area contributed by atoms with Gasteiger partial charge in [0.15, 0.2) is 5.60 Å². The first kappa shape index (κ1) is 13.5. The number of carbonyl (C=O) groups is 1. The highest BCUT2D eigenvalue weighted by Crippen LogP contribution is 2.51. The summed E-state index contributed by atoms with van der Waals surface area (Å²) in [6.07, 6.45) is 1.80. The molecule has 112 valence electrons. The van der Waals surface area contributed by atoms with Gasteiger partial charge in [-0.2, -0.15) is 0 Å². The van der Waals surface area contributed by atoms with Gasteiger partial charge in [-0.25, -0.2) is 0 Å². The van der Waals surface area contributed by atoms with Crippen LogP contribution in [0, 0.1) is 0 Å². The van der Waals surface area contributed by atoms with Crippen molar-refractivity contribution in [3.8, 4) is 0 Å². The van der Waals surface area contributed by atoms with E-state index in [1.165, 1.54) is 5.56 Å². The first-order valence-corrected chi connectivity index (χ1v) is 7.85. The largest absolute Gasteiger partial charge is 0.363 e. The van der Waals surface area contributed by atoms with Gasteiger partial charge >= 0.3 is 0 Å². The Balaban J connectivity index is 1.67. The average Bonchev–Trinajstić information content (AvgIpc) is 3.08. The molecule has 0 aromatic heterocycles. The zero-order chi connectivity index (χ0) is 15.0. The Morgan fingerprint density at radius 1 is 1.05 bits per heavy atom. The minimum atomic E-state index is -0.615. The van der Waals surface area contributed by atoms with E-state index in [0.717, 1.165) is 18.4 Å². The molecule has 3 nitrogen and oxygen atoms in total. The lowest BCUT2D eigenvalue weighted by Gasteiger charge is -2.53. The summed E-state index contributed by atoms with van der Waals surface area (Å²) in [5.41, 5.74) is 1.71. The molecule has 1 spiro atoms. The van der Waals surface area contributed by atoms with E-state index in [0.29, 0.717) is 13.2 Å². The van der Waals surface area contributed by atoms with Gasteiger partial charge in [0, 0.05) is 13.2 Å². The summed E-state index contributed by atoms with van der Waals surface area (Å²) in [7, 11) is 0. The standard InChI is InChI=1S/C19H19NO2/c21-18-19(12-7-13-22-19)17(16-10-5-2-6-11-16)20(18)14-15-8-3-1-4-9-15/h1-6,8-11,17H,7,12-14H2/t17-,19+/m0/s1. The first-order valence-electron chi connectivity index (χ1n) is 7.85. The maximum atomic E-state index is 12.8. The molecular formula is C19H19NO2. The number of carbonyl (C=O) groups excluding carboxylic acids is 1. The van der Waals surface area contributed by atoms with Crippen molar-refractivity contribution < 1.29 is 9.53 Å². The van der Waals surface area contributed by atoms with Crippen molar-refractivity contribution in [3.63, 3.8) is 0 Å². The lowest BCUT2D eigenvalue weighted by molar-refractivity contribution is -0.197. The summed E-state index contributed by atoms with van der Waals surface area (Å²) < 4.78 is 5.93. The zero-order valence-electron chi connectivity index (χ0n) is 12.4. The molecule has 0 radical (unpaired) electrons. The second-order valence-corrected chi connectivity index (χ2v) is 6.07. The van der Waals surface area contributed by atoms with Crippen LogP contribution in [0.1, 0.15) is 30.0 Å². The average molecular weight is 293 g/mol. The number of likely N-dealkylation sites (tertiary alicyclic amines) is 1. The molecule has 3 heteroatoms. The van der Waals surface area contributed by atoms with Crippen LogP contribution in [0.2, 0.25) is 0 Å². The Morgan fingerprint density at radius 3 is 2.36 bits per heavy atom. The number of β-lactam (4-membered cyclic amide) rings is 1. The van der Waals surface area contributed by atoms with Crippen molar-refractivity contribution in [2.45, 2.75) is 31.0 Å². The summed E-state index contributed by atoms with van der Waals surface area (Å²) in [5.74, 6) is 0.141. The van der Waals surface area contributed by atoms with Crippen molar-refractivity contribution in [2.24, 2.45) is 0 Å². The maximum absolute atomic E-state index is 12.8. The summed E-state index contributed by atoms with van der Waals surface area (Å²) in [6, 6.07) is 20.4. The SMILES string of the molecule is O=C1N(Cc2ccccc2)[C@@H](c2ccccc2)[C@]12CCCO2. The van der Waals surface area contributed by atoms with Crippen LogP contribution < -0.4 is 0 Å². The molecule has 2 aromatic rings. The molecule has 2 aliphatic heterocycles. The number of benzene rings is 2. The topological polar surface area (TPSA) is 29.5 Å². The highest BCUT2D eigenvalue weighted by molar-refractivity contribution is 5.93. The summed E-state index contributed by atoms with van der Waals surface area (Å²) in [5, 5.41) is 0. The molecule has 2 fully saturated rings. The molecule has 2 heterocycles. The number of nitrogens with zero attached hydrogens (tertiary/aromatic N) is 1. The van der Waals surface area contributed by atoms with E-state index in [-0.39, 0.29) is 11.9 Å². The van der Waals surface area contributed by atoms with E-state index in [2.05, 4.69) is 24.3 Å². The molecule has 2 aliphatic rings. The summed E-state index contributed by atoms with van der Waals surface area (Å²) in [6.45, 7) is 1.33. The second kappa shape index (κ2) is 5.25. The fourth-order valence-electron chi connectivity index (χ4n) is 3.74. The van der Waals surface area contributed by atoms with E-state index in [1.54, 1.807) is 0 Å². The Labute approximate surface area is 130 Å². The van der Waals surface area contributed by atoms with Gasteiger partial charge in [-0.1, -0.05) is 60.7 Å². The van der Waals surface area contributed by atoms with Gasteiger partial charge in [0.2, 0.25) is 0 Å². The molecule has 0 saturated carbocycles. The zero-order valence-corrected chi connectivity index (χ0v) is 12.4. The normalized spacial score (nSPS) is 27.2. The second-order valence-electron chi connectivity index (χ2n) is 6.07. The third-order valence-corrected chi connectivity index (χ3v) is 4.74. The number of hydrogen-bond acceptors (Lipinski definition) is 2. The Kier molecular flexibility index (Phi) is 3.23. The molecule has 22 heavy (non-hydrogen) atoms. The van der Waals surface area contributed by atoms with Crippen molar-refractivity contribution in [1.29, 1.82) is 0 Å². The summed E-state index contributed by atoms with van der Waals surface area (Å²) >= 11 is 0. The molecule has 0 unspecified atom stereocenters. The number of hydrogen-bond donors (Lipinski definition) is 0. The molecule has 4 rings (SSSR count). The van der Waals surface area contributed by atoms with Crippen LogP contribution in [0.4, 0.5) is 0 Å². The van der Waals surface area contributed by atoms with Crippen LogP contribution in [-0.2, 0) is 16.1 Å². The maximum Gasteiger partial charge on any atom is 0.258 e. The van der Waals surface area contributed by atoms with Gasteiger partial charge in [0.05, 0.1) is 6.04 Å². The van der Waals surface area contributed by atoms with E-state index >= 15 is 0 Å². The lowest BCUT2D eigenvalue weighted by Crippen LogP contribution is -2.67. The van der Waals surface area contributed by atoms with E-state index in [1.807, 2.05) is 41.3 Å². The van der Waals surface area contributed by atoms with Crippen LogP contribution in [0.5, 0.6) is 0 Å². The van der Waals surface area contributed by atoms with Crippen LogP contribution in [0.25, 0.3) is 0 Å². The molecule has 0 N–H and O–H groups in total. The predicted octanol–water partition coefficient (Wildman–Crippen LogP) is 3.32. The minimum absolute atomic E-state index is 0.0314. The molecule has 1 amide bonds. The number of ether oxygens (including phenoxy) is 1. The highest BCUT2D eigenvalue weighted by atomic mass is 16.5. The van der Waals surface area contributed by atoms with Gasteiger partial charge in [0.1, 0.15) is 0 Å². The Morgan fingerprint density at radius 2 is 1.73 bits per heavy atom. The molecule has 2 saturated heterocycles. The smallest absolute Gasteiger partial charge is 0.258 e. The third kappa shape index (κ3) is 1.97. The number of amides is 1. The van der Waals surface area contributed by atoms with Crippen molar-refractivity contribution in [1.82, 2.24) is 4.90 Å². The molecule has 2 atom stereocenters. The lowest BCUT2D eigenvalue weighted by atomic mass is 9.76. The Bertz CT molecular complexity index is 662. The summed E-state index contributed by atoms with van der Waals surface area (Å²) in [4.78, 5) is 14.7. The quantitative estimate of drug-likeness (QED) is 0.813. The van der Waals surface area contributed by atoms with E-state index in [4.69, 9.17) is 4.74 Å². The molecule has 0 bridgehead atoms. The van der Waals surface area contributed by atoms with Crippen LogP contribution >= 0.6 is 0 Å².